The average Bonchev–Trinajstić information content (AvgIpc) is 3.18. The average molecular weight is 426 g/mol. The van der Waals surface area contributed by atoms with Gasteiger partial charge in [0.1, 0.15) is 5.82 Å². The van der Waals surface area contributed by atoms with E-state index in [-0.39, 0.29) is 27.9 Å². The van der Waals surface area contributed by atoms with E-state index < -0.39 is 0 Å². The van der Waals surface area contributed by atoms with Crippen LogP contribution in [0.25, 0.3) is 0 Å². The smallest absolute Gasteiger partial charge is 0.254 e. The second-order valence-electron chi connectivity index (χ2n) is 6.65. The molecule has 1 fully saturated rings. The Labute approximate surface area is 174 Å². The van der Waals surface area contributed by atoms with E-state index in [0.29, 0.717) is 37.6 Å². The van der Waals surface area contributed by atoms with E-state index in [1.54, 1.807) is 29.2 Å². The highest BCUT2D eigenvalue weighted by molar-refractivity contribution is 6.37. The van der Waals surface area contributed by atoms with Gasteiger partial charge in [-0.1, -0.05) is 35.3 Å². The minimum absolute atomic E-state index is 0.0157. The van der Waals surface area contributed by atoms with Crippen LogP contribution in [0, 0.1) is 5.82 Å². The molecule has 1 unspecified atom stereocenters. The van der Waals surface area contributed by atoms with Crippen LogP contribution >= 0.6 is 23.2 Å². The molecule has 7 heteroatoms. The monoisotopic (exact) mass is 425 g/mol. The van der Waals surface area contributed by atoms with Crippen molar-refractivity contribution in [2.24, 2.45) is 0 Å². The summed E-state index contributed by atoms with van der Waals surface area (Å²) < 4.78 is 24.4. The molecular weight excluding hydrogens is 404 g/mol. The Morgan fingerprint density at radius 1 is 1.25 bits per heavy atom. The minimum atomic E-state index is -0.314. The first-order valence-electron chi connectivity index (χ1n) is 9.25. The number of halogens is 3. The third kappa shape index (κ3) is 5.16. The van der Waals surface area contributed by atoms with Crippen molar-refractivity contribution in [1.29, 1.82) is 0 Å². The van der Waals surface area contributed by atoms with Crippen molar-refractivity contribution >= 4 is 29.1 Å². The van der Waals surface area contributed by atoms with Gasteiger partial charge in [0.15, 0.2) is 5.75 Å². The molecule has 0 spiro atoms. The maximum atomic E-state index is 13.2. The van der Waals surface area contributed by atoms with Crippen LogP contribution in [0.4, 0.5) is 4.39 Å². The van der Waals surface area contributed by atoms with Gasteiger partial charge in [0.2, 0.25) is 0 Å². The maximum absolute atomic E-state index is 13.2. The Hall–Kier alpha value is -1.82. The standard InChI is InChI=1S/C21H22Cl2FNO3/c1-2-27-20-18(22)10-15(11-19(20)23)21(26)25(13-17-4-3-9-28-17)12-14-5-7-16(24)8-6-14/h5-8,10-11,17H,2-4,9,12-13H2,1H3. The van der Waals surface area contributed by atoms with Crippen molar-refractivity contribution < 1.29 is 18.7 Å². The van der Waals surface area contributed by atoms with Gasteiger partial charge in [-0.3, -0.25) is 4.79 Å². The Balaban J connectivity index is 1.85. The maximum Gasteiger partial charge on any atom is 0.254 e. The second-order valence-corrected chi connectivity index (χ2v) is 7.46. The molecule has 0 saturated carbocycles. The lowest BCUT2D eigenvalue weighted by Gasteiger charge is -2.26. The van der Waals surface area contributed by atoms with Gasteiger partial charge in [-0.05, 0) is 49.6 Å². The van der Waals surface area contributed by atoms with Crippen LogP contribution in [0.5, 0.6) is 5.75 Å². The van der Waals surface area contributed by atoms with Crippen LogP contribution in [-0.4, -0.2) is 36.7 Å². The largest absolute Gasteiger partial charge is 0.491 e. The zero-order valence-electron chi connectivity index (χ0n) is 15.6. The molecule has 1 atom stereocenters. The van der Waals surface area contributed by atoms with Crippen LogP contribution in [-0.2, 0) is 11.3 Å². The Morgan fingerprint density at radius 3 is 2.50 bits per heavy atom. The number of carbonyl (C=O) groups excluding carboxylic acids is 1. The lowest BCUT2D eigenvalue weighted by molar-refractivity contribution is 0.0507. The molecule has 0 aliphatic carbocycles. The summed E-state index contributed by atoms with van der Waals surface area (Å²) in [6.45, 7) is 3.73. The van der Waals surface area contributed by atoms with Gasteiger partial charge in [-0.25, -0.2) is 4.39 Å². The lowest BCUT2D eigenvalue weighted by atomic mass is 10.1. The molecule has 3 rings (SSSR count). The highest BCUT2D eigenvalue weighted by atomic mass is 35.5. The fourth-order valence-electron chi connectivity index (χ4n) is 3.21. The zero-order chi connectivity index (χ0) is 20.1. The van der Waals surface area contributed by atoms with E-state index in [4.69, 9.17) is 32.7 Å². The Bertz CT molecular complexity index is 800. The summed E-state index contributed by atoms with van der Waals surface area (Å²) in [6, 6.07) is 9.23. The van der Waals surface area contributed by atoms with Crippen LogP contribution < -0.4 is 4.74 Å². The third-order valence-corrected chi connectivity index (χ3v) is 5.12. The Morgan fingerprint density at radius 2 is 1.93 bits per heavy atom. The zero-order valence-corrected chi connectivity index (χ0v) is 17.1. The van der Waals surface area contributed by atoms with Crippen molar-refractivity contribution in [3.63, 3.8) is 0 Å². The summed E-state index contributed by atoms with van der Waals surface area (Å²) in [6.07, 6.45) is 1.86. The molecule has 0 bridgehead atoms. The third-order valence-electron chi connectivity index (χ3n) is 4.56. The fourth-order valence-corrected chi connectivity index (χ4v) is 3.81. The molecule has 1 aliphatic heterocycles. The fraction of sp³-hybridized carbons (Fsp3) is 0.381. The molecule has 28 heavy (non-hydrogen) atoms. The molecule has 4 nitrogen and oxygen atoms in total. The van der Waals surface area contributed by atoms with Crippen molar-refractivity contribution in [2.75, 3.05) is 19.8 Å². The minimum Gasteiger partial charge on any atom is -0.491 e. The SMILES string of the molecule is CCOc1c(Cl)cc(C(=O)N(Cc2ccc(F)cc2)CC2CCCO2)cc1Cl. The number of benzene rings is 2. The van der Waals surface area contributed by atoms with Crippen molar-refractivity contribution in [3.8, 4) is 5.75 Å². The number of rotatable bonds is 7. The van der Waals surface area contributed by atoms with E-state index in [2.05, 4.69) is 0 Å². The summed E-state index contributed by atoms with van der Waals surface area (Å²) in [7, 11) is 0. The molecule has 0 aromatic heterocycles. The van der Waals surface area contributed by atoms with Gasteiger partial charge in [0, 0.05) is 25.3 Å². The van der Waals surface area contributed by atoms with Crippen LogP contribution in [0.1, 0.15) is 35.7 Å². The molecule has 1 amide bonds. The number of amides is 1. The van der Waals surface area contributed by atoms with Crippen molar-refractivity contribution in [1.82, 2.24) is 4.90 Å². The summed E-state index contributed by atoms with van der Waals surface area (Å²) in [5, 5.41) is 0.577. The van der Waals surface area contributed by atoms with Gasteiger partial charge < -0.3 is 14.4 Å². The van der Waals surface area contributed by atoms with Gasteiger partial charge >= 0.3 is 0 Å². The van der Waals surface area contributed by atoms with Gasteiger partial charge in [0.05, 0.1) is 22.8 Å². The first-order valence-corrected chi connectivity index (χ1v) is 10.0. The molecule has 2 aromatic rings. The number of carbonyl (C=O) groups is 1. The second kappa shape index (κ2) is 9.59. The molecule has 0 radical (unpaired) electrons. The van der Waals surface area contributed by atoms with E-state index >= 15 is 0 Å². The number of ether oxygens (including phenoxy) is 2. The summed E-state index contributed by atoms with van der Waals surface area (Å²) in [5.41, 5.74) is 1.20. The predicted octanol–water partition coefficient (Wildman–Crippen LogP) is 5.35. The normalized spacial score (nSPS) is 16.2. The number of nitrogens with zero attached hydrogens (tertiary/aromatic N) is 1. The molecule has 0 N–H and O–H groups in total. The molecule has 2 aromatic carbocycles. The lowest BCUT2D eigenvalue weighted by Crippen LogP contribution is -2.37. The molecule has 1 heterocycles. The molecule has 1 aliphatic rings. The van der Waals surface area contributed by atoms with Gasteiger partial charge in [-0.2, -0.15) is 0 Å². The topological polar surface area (TPSA) is 38.8 Å². The van der Waals surface area contributed by atoms with Gasteiger partial charge in [0.25, 0.3) is 5.91 Å². The quantitative estimate of drug-likeness (QED) is 0.599. The first kappa shape index (κ1) is 20.9. The van der Waals surface area contributed by atoms with E-state index in [9.17, 15) is 9.18 Å². The number of hydrogen-bond donors (Lipinski definition) is 0. The highest BCUT2D eigenvalue weighted by Crippen LogP contribution is 2.34. The predicted molar refractivity (Wildman–Crippen MR) is 108 cm³/mol. The molecule has 150 valence electrons. The molecular formula is C21H22Cl2FNO3. The highest BCUT2D eigenvalue weighted by Gasteiger charge is 2.25. The number of hydrogen-bond acceptors (Lipinski definition) is 3. The van der Waals surface area contributed by atoms with Gasteiger partial charge in [-0.15, -0.1) is 0 Å². The van der Waals surface area contributed by atoms with Crippen LogP contribution in [0.2, 0.25) is 10.0 Å². The summed E-state index contributed by atoms with van der Waals surface area (Å²) >= 11 is 12.5. The Kier molecular flexibility index (Phi) is 7.16. The van der Waals surface area contributed by atoms with Crippen LogP contribution in [0.15, 0.2) is 36.4 Å². The van der Waals surface area contributed by atoms with E-state index in [0.717, 1.165) is 18.4 Å². The van der Waals surface area contributed by atoms with E-state index in [1.165, 1.54) is 12.1 Å². The van der Waals surface area contributed by atoms with Crippen molar-refractivity contribution in [2.45, 2.75) is 32.4 Å². The molecule has 1 saturated heterocycles. The summed E-state index contributed by atoms with van der Waals surface area (Å²) in [4.78, 5) is 14.9. The van der Waals surface area contributed by atoms with E-state index in [1.807, 2.05) is 6.92 Å². The first-order chi connectivity index (χ1) is 13.5. The van der Waals surface area contributed by atoms with Crippen LogP contribution in [0.3, 0.4) is 0 Å². The summed E-state index contributed by atoms with van der Waals surface area (Å²) in [5.74, 6) is -0.163. The van der Waals surface area contributed by atoms with Crippen molar-refractivity contribution in [3.05, 3.63) is 63.4 Å².